The molecule has 2 atom stereocenters. The molecular formula is C19H24BrN3O2. The van der Waals surface area contributed by atoms with E-state index in [0.29, 0.717) is 11.5 Å². The number of carbonyl (C=O) groups is 2. The van der Waals surface area contributed by atoms with E-state index in [1.165, 1.54) is 6.42 Å². The number of halogens is 1. The molecule has 2 amide bonds. The van der Waals surface area contributed by atoms with Gasteiger partial charge < -0.3 is 5.32 Å². The zero-order valence-electron chi connectivity index (χ0n) is 14.9. The Bertz CT molecular complexity index is 727. The van der Waals surface area contributed by atoms with Crippen LogP contribution in [0.25, 0.3) is 0 Å². The number of hydrogen-bond acceptors (Lipinski definition) is 3. The summed E-state index contributed by atoms with van der Waals surface area (Å²) in [4.78, 5) is 24.0. The molecule has 0 spiro atoms. The second-order valence-electron chi connectivity index (χ2n) is 7.78. The van der Waals surface area contributed by atoms with E-state index in [1.54, 1.807) is 24.3 Å². The number of carbonyl (C=O) groups excluding carboxylic acids is 2. The van der Waals surface area contributed by atoms with Crippen LogP contribution in [-0.4, -0.2) is 24.1 Å². The van der Waals surface area contributed by atoms with Crippen LogP contribution in [0.4, 0.5) is 0 Å². The summed E-state index contributed by atoms with van der Waals surface area (Å²) in [5.41, 5.74) is 4.51. The second-order valence-corrected chi connectivity index (χ2v) is 8.69. The Morgan fingerprint density at radius 3 is 2.48 bits per heavy atom. The summed E-state index contributed by atoms with van der Waals surface area (Å²) in [5.74, 6) is 0.0655. The molecule has 2 fully saturated rings. The van der Waals surface area contributed by atoms with Gasteiger partial charge >= 0.3 is 0 Å². The highest BCUT2D eigenvalue weighted by Crippen LogP contribution is 2.63. The maximum absolute atomic E-state index is 12.0. The largest absolute Gasteiger partial charge is 0.343 e. The SMILES string of the molecule is CC1(C)[C@H]2CC[C@@]1(C)/C(=N/NC(=O)CNC(=O)c1ccc(Br)cc1)C2. The average Bonchev–Trinajstić information content (AvgIpc) is 2.91. The summed E-state index contributed by atoms with van der Waals surface area (Å²) in [7, 11) is 0. The van der Waals surface area contributed by atoms with Crippen LogP contribution in [0, 0.1) is 16.7 Å². The van der Waals surface area contributed by atoms with Crippen molar-refractivity contribution in [2.45, 2.75) is 40.0 Å². The molecule has 5 nitrogen and oxygen atoms in total. The maximum atomic E-state index is 12.0. The van der Waals surface area contributed by atoms with E-state index in [9.17, 15) is 9.59 Å². The van der Waals surface area contributed by atoms with E-state index in [2.05, 4.69) is 52.5 Å². The summed E-state index contributed by atoms with van der Waals surface area (Å²) in [6.45, 7) is 6.76. The number of amides is 2. The summed E-state index contributed by atoms with van der Waals surface area (Å²) in [5, 5.41) is 7.01. The first-order valence-electron chi connectivity index (χ1n) is 8.64. The molecule has 2 bridgehead atoms. The fraction of sp³-hybridized carbons (Fsp3) is 0.526. The lowest BCUT2D eigenvalue weighted by atomic mass is 9.70. The minimum absolute atomic E-state index is 0.0611. The quantitative estimate of drug-likeness (QED) is 0.752. The zero-order valence-corrected chi connectivity index (χ0v) is 16.4. The normalized spacial score (nSPS) is 28.2. The molecule has 2 aliphatic rings. The van der Waals surface area contributed by atoms with Crippen molar-refractivity contribution in [2.24, 2.45) is 21.8 Å². The molecule has 0 aliphatic heterocycles. The van der Waals surface area contributed by atoms with Gasteiger partial charge in [0.05, 0.1) is 6.54 Å². The predicted molar refractivity (Wildman–Crippen MR) is 101 cm³/mol. The van der Waals surface area contributed by atoms with Gasteiger partial charge in [-0.25, -0.2) is 5.43 Å². The Balaban J connectivity index is 1.54. The van der Waals surface area contributed by atoms with Crippen LogP contribution < -0.4 is 10.7 Å². The molecule has 1 aromatic carbocycles. The first-order chi connectivity index (χ1) is 11.7. The van der Waals surface area contributed by atoms with Crippen LogP contribution in [0.2, 0.25) is 0 Å². The molecule has 0 unspecified atom stereocenters. The number of nitrogens with one attached hydrogen (secondary N) is 2. The van der Waals surface area contributed by atoms with Gasteiger partial charge in [-0.2, -0.15) is 5.10 Å². The van der Waals surface area contributed by atoms with Gasteiger partial charge in [0.15, 0.2) is 0 Å². The molecule has 0 saturated heterocycles. The lowest BCUT2D eigenvalue weighted by molar-refractivity contribution is -0.120. The number of hydrazone groups is 1. The van der Waals surface area contributed by atoms with Gasteiger partial charge in [-0.15, -0.1) is 0 Å². The Morgan fingerprint density at radius 2 is 1.92 bits per heavy atom. The monoisotopic (exact) mass is 405 g/mol. The number of hydrogen-bond donors (Lipinski definition) is 2. The Labute approximate surface area is 156 Å². The number of fused-ring (bicyclic) bond motifs is 2. The molecule has 134 valence electrons. The van der Waals surface area contributed by atoms with Crippen molar-refractivity contribution in [3.05, 3.63) is 34.3 Å². The highest BCUT2D eigenvalue weighted by Gasteiger charge is 2.59. The molecule has 3 rings (SSSR count). The van der Waals surface area contributed by atoms with Crippen molar-refractivity contribution in [3.63, 3.8) is 0 Å². The van der Waals surface area contributed by atoms with Gasteiger partial charge in [-0.1, -0.05) is 36.7 Å². The zero-order chi connectivity index (χ0) is 18.2. The third-order valence-corrected chi connectivity index (χ3v) is 6.87. The Kier molecular flexibility index (Phi) is 4.75. The first kappa shape index (κ1) is 18.1. The smallest absolute Gasteiger partial charge is 0.259 e. The van der Waals surface area contributed by atoms with Crippen molar-refractivity contribution in [2.75, 3.05) is 6.54 Å². The molecule has 0 radical (unpaired) electrons. The second kappa shape index (κ2) is 6.56. The van der Waals surface area contributed by atoms with Crippen LogP contribution in [0.15, 0.2) is 33.8 Å². The van der Waals surface area contributed by atoms with Gasteiger partial charge in [0.2, 0.25) is 0 Å². The molecule has 0 aromatic heterocycles. The molecule has 2 N–H and O–H groups in total. The molecular weight excluding hydrogens is 382 g/mol. The molecule has 25 heavy (non-hydrogen) atoms. The number of nitrogens with zero attached hydrogens (tertiary/aromatic N) is 1. The number of rotatable bonds is 4. The van der Waals surface area contributed by atoms with Crippen LogP contribution in [-0.2, 0) is 4.79 Å². The Hall–Kier alpha value is -1.69. The first-order valence-corrected chi connectivity index (χ1v) is 9.43. The fourth-order valence-electron chi connectivity index (χ4n) is 4.13. The molecule has 0 heterocycles. The third kappa shape index (κ3) is 3.24. The van der Waals surface area contributed by atoms with Crippen LogP contribution in [0.3, 0.4) is 0 Å². The molecule has 2 aliphatic carbocycles. The lowest BCUT2D eigenvalue weighted by Crippen LogP contribution is -2.37. The van der Waals surface area contributed by atoms with Crippen molar-refractivity contribution < 1.29 is 9.59 Å². The van der Waals surface area contributed by atoms with E-state index in [-0.39, 0.29) is 29.2 Å². The van der Waals surface area contributed by atoms with Crippen molar-refractivity contribution in [3.8, 4) is 0 Å². The highest BCUT2D eigenvalue weighted by atomic mass is 79.9. The van der Waals surface area contributed by atoms with Gasteiger partial charge in [-0.05, 0) is 54.9 Å². The predicted octanol–water partition coefficient (Wildman–Crippen LogP) is 3.50. The third-order valence-electron chi connectivity index (χ3n) is 6.34. The van der Waals surface area contributed by atoms with E-state index < -0.39 is 0 Å². The van der Waals surface area contributed by atoms with Gasteiger partial charge in [0.25, 0.3) is 11.8 Å². The lowest BCUT2D eigenvalue weighted by Gasteiger charge is -2.34. The fourth-order valence-corrected chi connectivity index (χ4v) is 4.40. The summed E-state index contributed by atoms with van der Waals surface area (Å²) >= 11 is 3.32. The van der Waals surface area contributed by atoms with E-state index >= 15 is 0 Å². The summed E-state index contributed by atoms with van der Waals surface area (Å²) < 4.78 is 0.903. The standard InChI is InChI=1S/C19H24BrN3O2/c1-18(2)13-8-9-19(18,3)15(10-13)22-23-16(24)11-21-17(25)12-4-6-14(20)7-5-12/h4-7,13H,8-11H2,1-3H3,(H,21,25)(H,23,24)/b22-15+/t13-,19-/m0/s1. The van der Waals surface area contributed by atoms with Gasteiger partial charge in [0, 0.05) is 21.2 Å². The number of benzene rings is 1. The summed E-state index contributed by atoms with van der Waals surface area (Å²) in [6.07, 6.45) is 3.31. The average molecular weight is 406 g/mol. The van der Waals surface area contributed by atoms with E-state index in [0.717, 1.165) is 23.0 Å². The van der Waals surface area contributed by atoms with Gasteiger partial charge in [-0.3, -0.25) is 9.59 Å². The van der Waals surface area contributed by atoms with Crippen molar-refractivity contribution in [1.82, 2.24) is 10.7 Å². The maximum Gasteiger partial charge on any atom is 0.259 e. The minimum Gasteiger partial charge on any atom is -0.343 e. The molecule has 1 aromatic rings. The van der Waals surface area contributed by atoms with E-state index in [4.69, 9.17) is 0 Å². The van der Waals surface area contributed by atoms with Gasteiger partial charge in [0.1, 0.15) is 0 Å². The molecule has 2 saturated carbocycles. The van der Waals surface area contributed by atoms with Crippen LogP contribution >= 0.6 is 15.9 Å². The van der Waals surface area contributed by atoms with Crippen LogP contribution in [0.1, 0.15) is 50.4 Å². The topological polar surface area (TPSA) is 70.6 Å². The van der Waals surface area contributed by atoms with Crippen molar-refractivity contribution >= 4 is 33.5 Å². The van der Waals surface area contributed by atoms with Crippen molar-refractivity contribution in [1.29, 1.82) is 0 Å². The molecule has 6 heteroatoms. The van der Waals surface area contributed by atoms with Crippen LogP contribution in [0.5, 0.6) is 0 Å². The van der Waals surface area contributed by atoms with E-state index in [1.807, 2.05) is 0 Å². The Morgan fingerprint density at radius 1 is 1.24 bits per heavy atom. The summed E-state index contributed by atoms with van der Waals surface area (Å²) in [6, 6.07) is 6.99. The highest BCUT2D eigenvalue weighted by molar-refractivity contribution is 9.10. The minimum atomic E-state index is -0.304.